The van der Waals surface area contributed by atoms with Crippen molar-refractivity contribution in [2.75, 3.05) is 26.1 Å². The van der Waals surface area contributed by atoms with Crippen molar-refractivity contribution in [3.8, 4) is 0 Å². The maximum absolute atomic E-state index is 6.24. The van der Waals surface area contributed by atoms with Crippen LogP contribution in [0.15, 0.2) is 0 Å². The maximum Gasteiger partial charge on any atom is 0.526 e. The number of rotatable bonds is 9. The average Bonchev–Trinajstić information content (AvgIpc) is 2.26. The molecule has 0 aliphatic heterocycles. The van der Waals surface area contributed by atoms with Gasteiger partial charge in [0, 0.05) is 19.8 Å². The van der Waals surface area contributed by atoms with Gasteiger partial charge in [0.05, 0.1) is 0 Å². The van der Waals surface area contributed by atoms with Gasteiger partial charge < -0.3 is 17.7 Å². The van der Waals surface area contributed by atoms with Crippen molar-refractivity contribution in [2.24, 2.45) is 0 Å². The van der Waals surface area contributed by atoms with Crippen LogP contribution in [-0.4, -0.2) is 43.2 Å². The Morgan fingerprint density at radius 3 is 1.37 bits per heavy atom. The van der Waals surface area contributed by atoms with E-state index in [1.807, 2.05) is 20.8 Å². The lowest BCUT2D eigenvalue weighted by atomic mass is 10.2. The highest BCUT2D eigenvalue weighted by molar-refractivity contribution is 6.75. The van der Waals surface area contributed by atoms with Crippen LogP contribution in [0.2, 0.25) is 18.1 Å². The van der Waals surface area contributed by atoms with Crippen molar-refractivity contribution in [3.05, 3.63) is 0 Å². The van der Waals surface area contributed by atoms with Gasteiger partial charge in [-0.05, 0) is 38.9 Å². The molecule has 0 saturated carbocycles. The van der Waals surface area contributed by atoms with Gasteiger partial charge in [-0.2, -0.15) is 0 Å². The second-order valence-electron chi connectivity index (χ2n) is 6.03. The Balaban J connectivity index is 4.81. The first-order valence-electron chi connectivity index (χ1n) is 7.20. The van der Waals surface area contributed by atoms with Crippen LogP contribution in [-0.2, 0) is 17.7 Å². The van der Waals surface area contributed by atoms with Gasteiger partial charge in [-0.25, -0.2) is 0 Å². The predicted octanol–water partition coefficient (Wildman–Crippen LogP) is 3.60. The molecular formula is C13H32O4Si2. The monoisotopic (exact) mass is 308 g/mol. The molecule has 0 saturated heterocycles. The lowest BCUT2D eigenvalue weighted by molar-refractivity contribution is 0.0521. The van der Waals surface area contributed by atoms with Crippen LogP contribution < -0.4 is 0 Å². The van der Waals surface area contributed by atoms with Gasteiger partial charge in [0.2, 0.25) is 0 Å². The van der Waals surface area contributed by atoms with E-state index in [4.69, 9.17) is 17.7 Å². The van der Waals surface area contributed by atoms with Crippen LogP contribution >= 0.6 is 0 Å². The van der Waals surface area contributed by atoms with Crippen molar-refractivity contribution in [1.29, 1.82) is 0 Å². The van der Waals surface area contributed by atoms with Gasteiger partial charge in [-0.15, -0.1) is 0 Å². The Hall–Kier alpha value is 0.274. The average molecular weight is 309 g/mol. The first-order valence-corrected chi connectivity index (χ1v) is 12.0. The van der Waals surface area contributed by atoms with Crippen LogP contribution in [0, 0.1) is 0 Å². The lowest BCUT2D eigenvalue weighted by Crippen LogP contribution is -2.54. The summed E-state index contributed by atoms with van der Waals surface area (Å²) in [5.74, 6) is 0. The molecule has 0 N–H and O–H groups in total. The molecule has 19 heavy (non-hydrogen) atoms. The summed E-state index contributed by atoms with van der Waals surface area (Å²) in [6, 6.07) is 0. The van der Waals surface area contributed by atoms with Crippen LogP contribution in [0.1, 0.15) is 41.5 Å². The minimum Gasteiger partial charge on any atom is -0.412 e. The first kappa shape index (κ1) is 19.3. The van der Waals surface area contributed by atoms with E-state index in [1.54, 1.807) is 0 Å². The van der Waals surface area contributed by atoms with E-state index < -0.39 is 17.1 Å². The van der Waals surface area contributed by atoms with E-state index in [1.165, 1.54) is 0 Å². The summed E-state index contributed by atoms with van der Waals surface area (Å²) in [4.78, 5) is 0. The molecule has 0 aromatic carbocycles. The summed E-state index contributed by atoms with van der Waals surface area (Å²) in [5, 5.41) is 0.178. The Bertz CT molecular complexity index is 234. The quantitative estimate of drug-likeness (QED) is 0.610. The van der Waals surface area contributed by atoms with E-state index >= 15 is 0 Å². The SMILES string of the molecule is CCO[Si](CO[Si](C)(C)C(C)(C)C)(OCC)OCC. The Kier molecular flexibility index (Phi) is 8.01. The molecule has 0 aromatic rings. The van der Waals surface area contributed by atoms with Gasteiger partial charge in [0.15, 0.2) is 8.32 Å². The van der Waals surface area contributed by atoms with Crippen LogP contribution in [0.4, 0.5) is 0 Å². The van der Waals surface area contributed by atoms with E-state index in [9.17, 15) is 0 Å². The molecule has 0 atom stereocenters. The molecule has 0 heterocycles. The van der Waals surface area contributed by atoms with E-state index in [2.05, 4.69) is 33.9 Å². The van der Waals surface area contributed by atoms with Crippen molar-refractivity contribution < 1.29 is 17.7 Å². The Morgan fingerprint density at radius 1 is 0.737 bits per heavy atom. The smallest absolute Gasteiger partial charge is 0.412 e. The van der Waals surface area contributed by atoms with E-state index in [0.29, 0.717) is 26.1 Å². The second-order valence-corrected chi connectivity index (χ2v) is 13.4. The molecule has 0 aromatic heterocycles. The third-order valence-electron chi connectivity index (χ3n) is 3.51. The zero-order valence-electron chi connectivity index (χ0n) is 14.0. The molecule has 0 fully saturated rings. The van der Waals surface area contributed by atoms with Gasteiger partial charge in [-0.3, -0.25) is 0 Å². The van der Waals surface area contributed by atoms with Gasteiger partial charge in [-0.1, -0.05) is 20.8 Å². The third-order valence-corrected chi connectivity index (χ3v) is 11.0. The lowest BCUT2D eigenvalue weighted by Gasteiger charge is -2.38. The highest BCUT2D eigenvalue weighted by atomic mass is 28.4. The molecule has 0 unspecified atom stereocenters. The van der Waals surface area contributed by atoms with E-state index in [-0.39, 0.29) is 5.04 Å². The van der Waals surface area contributed by atoms with Crippen molar-refractivity contribution in [1.82, 2.24) is 0 Å². The van der Waals surface area contributed by atoms with E-state index in [0.717, 1.165) is 0 Å². The molecule has 0 amide bonds. The molecule has 0 radical (unpaired) electrons. The zero-order chi connectivity index (χ0) is 15.2. The van der Waals surface area contributed by atoms with Crippen LogP contribution in [0.3, 0.4) is 0 Å². The maximum atomic E-state index is 6.24. The third kappa shape index (κ3) is 6.05. The summed E-state index contributed by atoms with van der Waals surface area (Å²) < 4.78 is 23.7. The van der Waals surface area contributed by atoms with Crippen molar-refractivity contribution >= 4 is 17.1 Å². The standard InChI is InChI=1S/C13H32O4Si2/c1-9-14-19(15-10-2,16-11-3)12-17-18(7,8)13(4,5)6/h9-12H2,1-8H3. The van der Waals surface area contributed by atoms with Crippen molar-refractivity contribution in [2.45, 2.75) is 59.7 Å². The van der Waals surface area contributed by atoms with Crippen LogP contribution in [0.25, 0.3) is 0 Å². The molecule has 0 aliphatic carbocycles. The normalized spacial score (nSPS) is 13.9. The Morgan fingerprint density at radius 2 is 1.11 bits per heavy atom. The van der Waals surface area contributed by atoms with Gasteiger partial charge >= 0.3 is 8.80 Å². The fourth-order valence-electron chi connectivity index (χ4n) is 1.40. The Labute approximate surface area is 121 Å². The van der Waals surface area contributed by atoms with Crippen molar-refractivity contribution in [3.63, 3.8) is 0 Å². The summed E-state index contributed by atoms with van der Waals surface area (Å²) in [6.45, 7) is 18.8. The molecule has 0 spiro atoms. The highest BCUT2D eigenvalue weighted by Crippen LogP contribution is 2.37. The molecule has 116 valence electrons. The summed E-state index contributed by atoms with van der Waals surface area (Å²) in [6.07, 6.45) is 0.457. The number of hydrogen-bond donors (Lipinski definition) is 0. The summed E-state index contributed by atoms with van der Waals surface area (Å²) in [7, 11) is -4.48. The van der Waals surface area contributed by atoms with Gasteiger partial charge in [0.25, 0.3) is 0 Å². The summed E-state index contributed by atoms with van der Waals surface area (Å²) in [5.41, 5.74) is 0. The minimum atomic E-state index is -2.67. The first-order chi connectivity index (χ1) is 8.64. The van der Waals surface area contributed by atoms with Crippen LogP contribution in [0.5, 0.6) is 0 Å². The highest BCUT2D eigenvalue weighted by Gasteiger charge is 2.46. The molecule has 6 heteroatoms. The molecule has 4 nitrogen and oxygen atoms in total. The fraction of sp³-hybridized carbons (Fsp3) is 1.00. The molecule has 0 aliphatic rings. The number of hydrogen-bond acceptors (Lipinski definition) is 4. The largest absolute Gasteiger partial charge is 0.526 e. The topological polar surface area (TPSA) is 36.9 Å². The molecule has 0 rings (SSSR count). The second kappa shape index (κ2) is 7.90. The summed E-state index contributed by atoms with van der Waals surface area (Å²) >= 11 is 0. The molecular weight excluding hydrogens is 276 g/mol. The predicted molar refractivity (Wildman–Crippen MR) is 83.8 cm³/mol. The zero-order valence-corrected chi connectivity index (χ0v) is 16.0. The van der Waals surface area contributed by atoms with Gasteiger partial charge in [0.1, 0.15) is 6.23 Å². The fourth-order valence-corrected chi connectivity index (χ4v) is 5.80. The minimum absolute atomic E-state index is 0.178. The molecule has 0 bridgehead atoms.